The van der Waals surface area contributed by atoms with Crippen molar-refractivity contribution >= 4 is 0 Å². The lowest BCUT2D eigenvalue weighted by molar-refractivity contribution is 0.332. The van der Waals surface area contributed by atoms with Gasteiger partial charge >= 0.3 is 0 Å². The van der Waals surface area contributed by atoms with Crippen LogP contribution in [0.3, 0.4) is 0 Å². The second-order valence-electron chi connectivity index (χ2n) is 5.10. The highest BCUT2D eigenvalue weighted by molar-refractivity contribution is 5.02. The molecule has 1 rings (SSSR count). The van der Waals surface area contributed by atoms with Crippen LogP contribution in [-0.2, 0) is 6.42 Å². The van der Waals surface area contributed by atoms with Gasteiger partial charge in [0.25, 0.3) is 0 Å². The third-order valence-electron chi connectivity index (χ3n) is 3.97. The number of aromatic nitrogens is 2. The lowest BCUT2D eigenvalue weighted by Gasteiger charge is -2.23. The van der Waals surface area contributed by atoms with Crippen molar-refractivity contribution in [1.29, 1.82) is 0 Å². The Hall–Kier alpha value is -0.870. The largest absolute Gasteiger partial charge is 0.271 e. The van der Waals surface area contributed by atoms with E-state index in [2.05, 4.69) is 55.2 Å². The minimum atomic E-state index is 0.320. The van der Waals surface area contributed by atoms with E-state index in [1.165, 1.54) is 0 Å². The average Bonchev–Trinajstić information content (AvgIpc) is 2.86. The minimum absolute atomic E-state index is 0.320. The fourth-order valence-corrected chi connectivity index (χ4v) is 2.36. The molecule has 2 atom stereocenters. The van der Waals surface area contributed by atoms with Crippen LogP contribution in [0.2, 0.25) is 0 Å². The highest BCUT2D eigenvalue weighted by Crippen LogP contribution is 2.17. The molecule has 0 saturated carbocycles. The zero-order valence-corrected chi connectivity index (χ0v) is 12.2. The van der Waals surface area contributed by atoms with E-state index < -0.39 is 0 Å². The van der Waals surface area contributed by atoms with Gasteiger partial charge in [-0.3, -0.25) is 16.0 Å². The monoisotopic (exact) mass is 252 g/mol. The first-order valence-corrected chi connectivity index (χ1v) is 7.16. The Morgan fingerprint density at radius 3 is 2.44 bits per heavy atom. The number of hydrazine groups is 1. The first-order valence-electron chi connectivity index (χ1n) is 7.16. The smallest absolute Gasteiger partial charge is 0.0640 e. The van der Waals surface area contributed by atoms with E-state index in [0.717, 1.165) is 31.4 Å². The normalized spacial score (nSPS) is 15.0. The minimum Gasteiger partial charge on any atom is -0.271 e. The average molecular weight is 252 g/mol. The summed E-state index contributed by atoms with van der Waals surface area (Å²) in [7, 11) is 0. The quantitative estimate of drug-likeness (QED) is 0.552. The number of nitrogens with two attached hydrogens (primary N) is 1. The van der Waals surface area contributed by atoms with E-state index in [9.17, 15) is 0 Å². The van der Waals surface area contributed by atoms with Crippen LogP contribution in [0.25, 0.3) is 0 Å². The molecule has 0 radical (unpaired) electrons. The van der Waals surface area contributed by atoms with Crippen LogP contribution in [0.4, 0.5) is 0 Å². The lowest BCUT2D eigenvalue weighted by atomic mass is 9.91. The van der Waals surface area contributed by atoms with Gasteiger partial charge in [-0.05, 0) is 25.3 Å². The molecule has 0 aromatic carbocycles. The van der Waals surface area contributed by atoms with Crippen LogP contribution < -0.4 is 11.3 Å². The predicted octanol–water partition coefficient (Wildman–Crippen LogP) is 2.66. The molecule has 0 bridgehead atoms. The molecule has 0 aliphatic rings. The Balaban J connectivity index is 2.67. The van der Waals surface area contributed by atoms with Crippen molar-refractivity contribution in [2.45, 2.75) is 65.5 Å². The topological polar surface area (TPSA) is 55.9 Å². The second-order valence-corrected chi connectivity index (χ2v) is 5.10. The third kappa shape index (κ3) is 3.82. The maximum absolute atomic E-state index is 5.68. The molecule has 18 heavy (non-hydrogen) atoms. The van der Waals surface area contributed by atoms with E-state index >= 15 is 0 Å². The molecule has 3 N–H and O–H groups in total. The maximum Gasteiger partial charge on any atom is 0.0640 e. The molecule has 1 aromatic heterocycles. The van der Waals surface area contributed by atoms with E-state index in [0.29, 0.717) is 18.0 Å². The summed E-state index contributed by atoms with van der Waals surface area (Å²) >= 11 is 0. The maximum atomic E-state index is 5.68. The Morgan fingerprint density at radius 1 is 1.28 bits per heavy atom. The van der Waals surface area contributed by atoms with Crippen LogP contribution in [0, 0.1) is 5.92 Å². The first-order chi connectivity index (χ1) is 8.65. The highest BCUT2D eigenvalue weighted by atomic mass is 15.3. The van der Waals surface area contributed by atoms with Crippen molar-refractivity contribution in [2.75, 3.05) is 0 Å². The summed E-state index contributed by atoms with van der Waals surface area (Å²) in [5.74, 6) is 6.30. The fourth-order valence-electron chi connectivity index (χ4n) is 2.36. The molecule has 0 aliphatic carbocycles. The molecule has 0 aliphatic heterocycles. The SMILES string of the molecule is CCC(CC)C(Cc1ccn(C(C)CC)n1)NN. The van der Waals surface area contributed by atoms with Crippen molar-refractivity contribution in [3.05, 3.63) is 18.0 Å². The summed E-state index contributed by atoms with van der Waals surface area (Å²) in [6.45, 7) is 8.81. The van der Waals surface area contributed by atoms with Crippen LogP contribution >= 0.6 is 0 Å². The summed E-state index contributed by atoms with van der Waals surface area (Å²) in [5, 5.41) is 4.64. The summed E-state index contributed by atoms with van der Waals surface area (Å²) in [5.41, 5.74) is 4.09. The van der Waals surface area contributed by atoms with Crippen molar-refractivity contribution in [1.82, 2.24) is 15.2 Å². The van der Waals surface area contributed by atoms with Gasteiger partial charge in [0.2, 0.25) is 0 Å². The zero-order chi connectivity index (χ0) is 13.5. The number of hydrogen-bond acceptors (Lipinski definition) is 3. The summed E-state index contributed by atoms with van der Waals surface area (Å²) in [6.07, 6.45) is 6.39. The van der Waals surface area contributed by atoms with E-state index in [4.69, 9.17) is 5.84 Å². The van der Waals surface area contributed by atoms with Crippen molar-refractivity contribution in [3.8, 4) is 0 Å². The van der Waals surface area contributed by atoms with Gasteiger partial charge in [0.15, 0.2) is 0 Å². The summed E-state index contributed by atoms with van der Waals surface area (Å²) in [6, 6.07) is 2.90. The van der Waals surface area contributed by atoms with Crippen LogP contribution in [0.15, 0.2) is 12.3 Å². The van der Waals surface area contributed by atoms with Gasteiger partial charge in [-0.25, -0.2) is 0 Å². The number of rotatable bonds is 8. The molecule has 104 valence electrons. The molecule has 0 fully saturated rings. The Kier molecular flexibility index (Phi) is 6.36. The van der Waals surface area contributed by atoms with Gasteiger partial charge in [0.05, 0.1) is 5.69 Å². The van der Waals surface area contributed by atoms with Gasteiger partial charge in [-0.1, -0.05) is 33.6 Å². The molecule has 0 amide bonds. The van der Waals surface area contributed by atoms with Gasteiger partial charge in [0, 0.05) is 24.7 Å². The molecule has 1 aromatic rings. The number of nitrogens with zero attached hydrogens (tertiary/aromatic N) is 2. The Morgan fingerprint density at radius 2 is 1.94 bits per heavy atom. The van der Waals surface area contributed by atoms with E-state index in [1.807, 2.05) is 0 Å². The fraction of sp³-hybridized carbons (Fsp3) is 0.786. The second kappa shape index (κ2) is 7.54. The number of hydrogen-bond donors (Lipinski definition) is 2. The van der Waals surface area contributed by atoms with Crippen LogP contribution in [0.1, 0.15) is 58.7 Å². The Bertz CT molecular complexity index is 330. The van der Waals surface area contributed by atoms with Crippen LogP contribution in [0.5, 0.6) is 0 Å². The molecule has 0 spiro atoms. The highest BCUT2D eigenvalue weighted by Gasteiger charge is 2.18. The van der Waals surface area contributed by atoms with Crippen molar-refractivity contribution in [3.63, 3.8) is 0 Å². The molecular formula is C14H28N4. The van der Waals surface area contributed by atoms with Crippen molar-refractivity contribution in [2.24, 2.45) is 11.8 Å². The predicted molar refractivity (Wildman–Crippen MR) is 76.1 cm³/mol. The standard InChI is InChI=1S/C14H28N4/c1-5-11(4)18-9-8-13(17-18)10-14(16-15)12(6-2)7-3/h8-9,11-12,14,16H,5-7,10,15H2,1-4H3. The van der Waals surface area contributed by atoms with Gasteiger partial charge in [-0.2, -0.15) is 5.10 Å². The van der Waals surface area contributed by atoms with Gasteiger partial charge in [-0.15, -0.1) is 0 Å². The van der Waals surface area contributed by atoms with Crippen LogP contribution in [-0.4, -0.2) is 15.8 Å². The molecule has 2 unspecified atom stereocenters. The van der Waals surface area contributed by atoms with E-state index in [-0.39, 0.29) is 0 Å². The lowest BCUT2D eigenvalue weighted by Crippen LogP contribution is -2.42. The van der Waals surface area contributed by atoms with E-state index in [1.54, 1.807) is 0 Å². The summed E-state index contributed by atoms with van der Waals surface area (Å²) < 4.78 is 2.05. The molecular weight excluding hydrogens is 224 g/mol. The first kappa shape index (κ1) is 15.2. The molecule has 1 heterocycles. The summed E-state index contributed by atoms with van der Waals surface area (Å²) in [4.78, 5) is 0. The third-order valence-corrected chi connectivity index (χ3v) is 3.97. The van der Waals surface area contributed by atoms with Gasteiger partial charge < -0.3 is 0 Å². The van der Waals surface area contributed by atoms with Gasteiger partial charge in [0.1, 0.15) is 0 Å². The molecule has 0 saturated heterocycles. The zero-order valence-electron chi connectivity index (χ0n) is 12.2. The Labute approximate surface area is 111 Å². The molecule has 4 heteroatoms. The number of nitrogens with one attached hydrogen (secondary N) is 1. The molecule has 4 nitrogen and oxygen atoms in total. The van der Waals surface area contributed by atoms with Crippen molar-refractivity contribution < 1.29 is 0 Å².